The minimum Gasteiger partial charge on any atom is -0.508 e. The molecule has 7 nitrogen and oxygen atoms in total. The summed E-state index contributed by atoms with van der Waals surface area (Å²) in [6, 6.07) is 15.2. The number of carbonyl (C=O) groups excluding carboxylic acids is 1. The zero-order valence-corrected chi connectivity index (χ0v) is 15.8. The fourth-order valence-corrected chi connectivity index (χ4v) is 3.69. The largest absolute Gasteiger partial charge is 0.508 e. The van der Waals surface area contributed by atoms with Crippen LogP contribution in [-0.4, -0.2) is 29.5 Å². The van der Waals surface area contributed by atoms with E-state index in [1.807, 2.05) is 0 Å². The molecule has 8 heteroatoms. The molecule has 0 amide bonds. The highest BCUT2D eigenvalue weighted by Gasteiger charge is 2.18. The van der Waals surface area contributed by atoms with Gasteiger partial charge in [0.05, 0.1) is 10.6 Å². The molecule has 0 unspecified atom stereocenters. The molecule has 0 fully saturated rings. The van der Waals surface area contributed by atoms with Gasteiger partial charge in [-0.3, -0.25) is 9.52 Å². The Hall–Kier alpha value is -3.78. The Morgan fingerprint density at radius 2 is 1.59 bits per heavy atom. The number of carbonyl (C=O) groups is 1. The number of allylic oxidation sites excluding steroid dienone is 1. The van der Waals surface area contributed by atoms with Gasteiger partial charge in [-0.2, -0.15) is 0 Å². The molecule has 29 heavy (non-hydrogen) atoms. The lowest BCUT2D eigenvalue weighted by Gasteiger charge is -2.11. The maximum absolute atomic E-state index is 12.6. The van der Waals surface area contributed by atoms with Crippen LogP contribution in [0.4, 0.5) is 5.69 Å². The van der Waals surface area contributed by atoms with E-state index in [9.17, 15) is 28.5 Å². The first-order valence-electron chi connectivity index (χ1n) is 8.41. The lowest BCUT2D eigenvalue weighted by Crippen LogP contribution is -2.15. The third-order valence-electron chi connectivity index (χ3n) is 3.99. The van der Waals surface area contributed by atoms with Gasteiger partial charge in [0.1, 0.15) is 17.2 Å². The monoisotopic (exact) mass is 411 g/mol. The van der Waals surface area contributed by atoms with E-state index in [2.05, 4.69) is 4.72 Å². The molecule has 3 aromatic rings. The number of sulfonamides is 1. The van der Waals surface area contributed by atoms with E-state index in [0.717, 1.165) is 12.1 Å². The minimum atomic E-state index is -4.02. The molecule has 0 aliphatic heterocycles. The van der Waals surface area contributed by atoms with E-state index in [-0.39, 0.29) is 33.4 Å². The standard InChI is InChI=1S/C21H17NO6S/c23-15-4-3-5-17(12-15)29(27,28)22-19-7-2-1-6-18(19)20(25)11-9-14-8-10-16(24)13-21(14)26/h1-13,22-24,26H. The van der Waals surface area contributed by atoms with Crippen molar-refractivity contribution in [3.8, 4) is 17.2 Å². The van der Waals surface area contributed by atoms with E-state index in [0.29, 0.717) is 5.56 Å². The van der Waals surface area contributed by atoms with Crippen molar-refractivity contribution in [2.24, 2.45) is 0 Å². The van der Waals surface area contributed by atoms with Crippen LogP contribution in [-0.2, 0) is 10.0 Å². The normalized spacial score (nSPS) is 11.4. The van der Waals surface area contributed by atoms with Crippen LogP contribution in [0, 0.1) is 0 Å². The topological polar surface area (TPSA) is 124 Å². The fraction of sp³-hybridized carbons (Fsp3) is 0. The van der Waals surface area contributed by atoms with Crippen LogP contribution in [0.2, 0.25) is 0 Å². The number of nitrogens with one attached hydrogen (secondary N) is 1. The van der Waals surface area contributed by atoms with Crippen molar-refractivity contribution in [2.75, 3.05) is 4.72 Å². The van der Waals surface area contributed by atoms with Crippen molar-refractivity contribution >= 4 is 27.6 Å². The summed E-state index contributed by atoms with van der Waals surface area (Å²) in [4.78, 5) is 12.5. The first-order chi connectivity index (χ1) is 13.8. The van der Waals surface area contributed by atoms with Crippen LogP contribution in [0.1, 0.15) is 15.9 Å². The molecule has 0 atom stereocenters. The van der Waals surface area contributed by atoms with Gasteiger partial charge >= 0.3 is 0 Å². The smallest absolute Gasteiger partial charge is 0.262 e. The van der Waals surface area contributed by atoms with Crippen molar-refractivity contribution in [3.63, 3.8) is 0 Å². The second-order valence-electron chi connectivity index (χ2n) is 6.09. The molecule has 0 aliphatic rings. The zero-order valence-electron chi connectivity index (χ0n) is 15.0. The number of aromatic hydroxyl groups is 3. The second-order valence-corrected chi connectivity index (χ2v) is 7.77. The van der Waals surface area contributed by atoms with Gasteiger partial charge in [0.25, 0.3) is 10.0 Å². The Labute approximate surface area is 167 Å². The van der Waals surface area contributed by atoms with E-state index in [4.69, 9.17) is 0 Å². The number of ketones is 1. The van der Waals surface area contributed by atoms with Crippen molar-refractivity contribution in [2.45, 2.75) is 4.90 Å². The summed E-state index contributed by atoms with van der Waals surface area (Å²) in [7, 11) is -4.02. The molecular weight excluding hydrogens is 394 g/mol. The third kappa shape index (κ3) is 4.74. The average Bonchev–Trinajstić information content (AvgIpc) is 2.67. The number of para-hydroxylation sites is 1. The number of phenolic OH excluding ortho intramolecular Hbond substituents is 3. The quantitative estimate of drug-likeness (QED) is 0.364. The second kappa shape index (κ2) is 8.07. The number of anilines is 1. The van der Waals surface area contributed by atoms with Crippen LogP contribution in [0.25, 0.3) is 6.08 Å². The summed E-state index contributed by atoms with van der Waals surface area (Å²) < 4.78 is 27.5. The van der Waals surface area contributed by atoms with Gasteiger partial charge in [-0.05, 0) is 48.6 Å². The number of phenols is 3. The predicted octanol–water partition coefficient (Wildman–Crippen LogP) is 3.50. The summed E-state index contributed by atoms with van der Waals surface area (Å²) >= 11 is 0. The molecule has 0 heterocycles. The molecule has 0 saturated carbocycles. The number of hydrogen-bond acceptors (Lipinski definition) is 6. The van der Waals surface area contributed by atoms with Crippen molar-refractivity contribution in [1.29, 1.82) is 0 Å². The maximum atomic E-state index is 12.6. The van der Waals surface area contributed by atoms with Crippen molar-refractivity contribution < 1.29 is 28.5 Å². The highest BCUT2D eigenvalue weighted by molar-refractivity contribution is 7.92. The van der Waals surface area contributed by atoms with Gasteiger partial charge in [0, 0.05) is 23.3 Å². The molecule has 0 radical (unpaired) electrons. The van der Waals surface area contributed by atoms with Gasteiger partial charge in [-0.15, -0.1) is 0 Å². The summed E-state index contributed by atoms with van der Waals surface area (Å²) in [5, 5.41) is 28.6. The molecule has 0 saturated heterocycles. The Morgan fingerprint density at radius 1 is 0.862 bits per heavy atom. The first-order valence-corrected chi connectivity index (χ1v) is 9.90. The van der Waals surface area contributed by atoms with Gasteiger partial charge in [0.15, 0.2) is 5.78 Å². The Balaban J connectivity index is 1.88. The lowest BCUT2D eigenvalue weighted by atomic mass is 10.1. The molecule has 0 spiro atoms. The molecule has 4 N–H and O–H groups in total. The molecular formula is C21H17NO6S. The molecule has 0 aliphatic carbocycles. The summed E-state index contributed by atoms with van der Waals surface area (Å²) in [6.45, 7) is 0. The van der Waals surface area contributed by atoms with Crippen molar-refractivity contribution in [3.05, 3.63) is 83.9 Å². The van der Waals surface area contributed by atoms with E-state index in [1.165, 1.54) is 54.6 Å². The molecule has 0 bridgehead atoms. The summed E-state index contributed by atoms with van der Waals surface area (Å²) in [5.41, 5.74) is 0.486. The van der Waals surface area contributed by atoms with Crippen LogP contribution in [0.5, 0.6) is 17.2 Å². The van der Waals surface area contributed by atoms with Gasteiger partial charge < -0.3 is 15.3 Å². The molecule has 0 aromatic heterocycles. The van der Waals surface area contributed by atoms with Gasteiger partial charge in [-0.1, -0.05) is 18.2 Å². The lowest BCUT2D eigenvalue weighted by molar-refractivity contribution is 0.104. The SMILES string of the molecule is O=C(C=Cc1ccc(O)cc1O)c1ccccc1NS(=O)(=O)c1cccc(O)c1. The van der Waals surface area contributed by atoms with Crippen molar-refractivity contribution in [1.82, 2.24) is 0 Å². The highest BCUT2D eigenvalue weighted by atomic mass is 32.2. The van der Waals surface area contributed by atoms with Gasteiger partial charge in [0.2, 0.25) is 0 Å². The number of hydrogen-bond donors (Lipinski definition) is 4. The molecule has 3 rings (SSSR count). The number of rotatable bonds is 6. The minimum absolute atomic E-state index is 0.0698. The molecule has 148 valence electrons. The van der Waals surface area contributed by atoms with E-state index in [1.54, 1.807) is 12.1 Å². The summed E-state index contributed by atoms with van der Waals surface area (Å²) in [5.74, 6) is -1.01. The van der Waals surface area contributed by atoms with Crippen LogP contribution in [0.3, 0.4) is 0 Å². The van der Waals surface area contributed by atoms with Crippen LogP contribution < -0.4 is 4.72 Å². The van der Waals surface area contributed by atoms with Crippen LogP contribution >= 0.6 is 0 Å². The third-order valence-corrected chi connectivity index (χ3v) is 5.36. The Kier molecular flexibility index (Phi) is 5.56. The fourth-order valence-electron chi connectivity index (χ4n) is 2.57. The van der Waals surface area contributed by atoms with E-state index >= 15 is 0 Å². The number of benzene rings is 3. The van der Waals surface area contributed by atoms with E-state index < -0.39 is 15.8 Å². The zero-order chi connectivity index (χ0) is 21.0. The average molecular weight is 411 g/mol. The van der Waals surface area contributed by atoms with Crippen LogP contribution in [0.15, 0.2) is 77.7 Å². The first kappa shape index (κ1) is 20.0. The Morgan fingerprint density at radius 3 is 2.31 bits per heavy atom. The molecule has 3 aromatic carbocycles. The maximum Gasteiger partial charge on any atom is 0.262 e. The summed E-state index contributed by atoms with van der Waals surface area (Å²) in [6.07, 6.45) is 2.55. The Bertz CT molecular complexity index is 1200. The highest BCUT2D eigenvalue weighted by Crippen LogP contribution is 2.25. The predicted molar refractivity (Wildman–Crippen MR) is 108 cm³/mol. The van der Waals surface area contributed by atoms with Gasteiger partial charge in [-0.25, -0.2) is 8.42 Å².